The van der Waals surface area contributed by atoms with Gasteiger partial charge in [-0.15, -0.1) is 0 Å². The van der Waals surface area contributed by atoms with Crippen LogP contribution in [0.1, 0.15) is 25.0 Å². The highest BCUT2D eigenvalue weighted by molar-refractivity contribution is 5.79. The fourth-order valence-electron chi connectivity index (χ4n) is 1.68. The summed E-state index contributed by atoms with van der Waals surface area (Å²) in [4.78, 5) is 11.3. The van der Waals surface area contributed by atoms with E-state index < -0.39 is 0 Å². The van der Waals surface area contributed by atoms with Gasteiger partial charge in [0.2, 0.25) is 0 Å². The van der Waals surface area contributed by atoms with E-state index in [1.807, 2.05) is 19.1 Å². The molecule has 0 aliphatic heterocycles. The first-order valence-electron chi connectivity index (χ1n) is 5.53. The Morgan fingerprint density at radius 3 is 2.75 bits per heavy atom. The van der Waals surface area contributed by atoms with Crippen molar-refractivity contribution in [2.24, 2.45) is 0 Å². The molecule has 88 valence electrons. The first-order valence-corrected chi connectivity index (χ1v) is 5.53. The molecule has 0 aromatic heterocycles. The number of methoxy groups -OCH3 is 1. The monoisotopic (exact) mass is 221 g/mol. The van der Waals surface area contributed by atoms with Crippen molar-refractivity contribution in [3.05, 3.63) is 29.3 Å². The van der Waals surface area contributed by atoms with Gasteiger partial charge in [-0.1, -0.05) is 25.1 Å². The Bertz CT molecular complexity index is 374. The Morgan fingerprint density at radius 2 is 2.19 bits per heavy atom. The van der Waals surface area contributed by atoms with Crippen molar-refractivity contribution in [2.75, 3.05) is 12.4 Å². The molecule has 0 spiro atoms. The fraction of sp³-hybridized carbons (Fsp3) is 0.462. The van der Waals surface area contributed by atoms with Gasteiger partial charge in [0.1, 0.15) is 6.04 Å². The topological polar surface area (TPSA) is 38.3 Å². The maximum absolute atomic E-state index is 11.3. The van der Waals surface area contributed by atoms with Crippen molar-refractivity contribution in [2.45, 2.75) is 33.2 Å². The average molecular weight is 221 g/mol. The number of aryl methyl sites for hydroxylation is 2. The van der Waals surface area contributed by atoms with Crippen LogP contribution in [0.25, 0.3) is 0 Å². The molecule has 0 heterocycles. The number of esters is 1. The third-order valence-corrected chi connectivity index (χ3v) is 2.66. The van der Waals surface area contributed by atoms with Gasteiger partial charge >= 0.3 is 5.97 Å². The largest absolute Gasteiger partial charge is 0.467 e. The zero-order valence-corrected chi connectivity index (χ0v) is 10.3. The Labute approximate surface area is 96.8 Å². The molecule has 1 aromatic rings. The highest BCUT2D eigenvalue weighted by Gasteiger charge is 2.14. The normalized spacial score (nSPS) is 12.0. The van der Waals surface area contributed by atoms with E-state index in [1.54, 1.807) is 6.92 Å². The third-order valence-electron chi connectivity index (χ3n) is 2.66. The number of carbonyl (C=O) groups excluding carboxylic acids is 1. The van der Waals surface area contributed by atoms with Gasteiger partial charge in [-0.05, 0) is 31.4 Å². The average Bonchev–Trinajstić information content (AvgIpc) is 2.30. The molecule has 0 aliphatic rings. The first-order chi connectivity index (χ1) is 7.60. The summed E-state index contributed by atoms with van der Waals surface area (Å²) in [6, 6.07) is 5.81. The maximum atomic E-state index is 11.3. The molecule has 1 rings (SSSR count). The van der Waals surface area contributed by atoms with Crippen LogP contribution in [-0.4, -0.2) is 19.1 Å². The highest BCUT2D eigenvalue weighted by atomic mass is 16.5. The minimum absolute atomic E-state index is 0.245. The molecule has 16 heavy (non-hydrogen) atoms. The minimum Gasteiger partial charge on any atom is -0.467 e. The van der Waals surface area contributed by atoms with Gasteiger partial charge in [0.15, 0.2) is 0 Å². The van der Waals surface area contributed by atoms with Crippen LogP contribution < -0.4 is 5.32 Å². The molecular formula is C13H19NO2. The molecule has 3 heteroatoms. The second kappa shape index (κ2) is 5.54. The lowest BCUT2D eigenvalue weighted by atomic mass is 10.1. The van der Waals surface area contributed by atoms with Crippen LogP contribution in [0, 0.1) is 6.92 Å². The van der Waals surface area contributed by atoms with Gasteiger partial charge in [0, 0.05) is 5.69 Å². The molecule has 1 aromatic carbocycles. The number of anilines is 1. The smallest absolute Gasteiger partial charge is 0.327 e. The number of ether oxygens (including phenoxy) is 1. The van der Waals surface area contributed by atoms with Gasteiger partial charge in [-0.2, -0.15) is 0 Å². The van der Waals surface area contributed by atoms with Crippen molar-refractivity contribution in [1.82, 2.24) is 0 Å². The summed E-state index contributed by atoms with van der Waals surface area (Å²) in [6.07, 6.45) is 0.942. The van der Waals surface area contributed by atoms with Gasteiger partial charge in [-0.25, -0.2) is 4.79 Å². The number of carbonyl (C=O) groups is 1. The summed E-state index contributed by atoms with van der Waals surface area (Å²) in [5, 5.41) is 3.21. The van der Waals surface area contributed by atoms with E-state index >= 15 is 0 Å². The first kappa shape index (κ1) is 12.6. The molecule has 0 fully saturated rings. The zero-order valence-electron chi connectivity index (χ0n) is 10.3. The van der Waals surface area contributed by atoms with Crippen molar-refractivity contribution >= 4 is 11.7 Å². The molecule has 0 saturated heterocycles. The van der Waals surface area contributed by atoms with E-state index in [9.17, 15) is 4.79 Å². The second-order valence-electron chi connectivity index (χ2n) is 3.85. The Morgan fingerprint density at radius 1 is 1.50 bits per heavy atom. The van der Waals surface area contributed by atoms with E-state index in [4.69, 9.17) is 4.74 Å². The van der Waals surface area contributed by atoms with E-state index in [1.165, 1.54) is 12.7 Å². The van der Waals surface area contributed by atoms with Gasteiger partial charge in [0.05, 0.1) is 7.11 Å². The van der Waals surface area contributed by atoms with E-state index in [-0.39, 0.29) is 12.0 Å². The lowest BCUT2D eigenvalue weighted by Crippen LogP contribution is -2.28. The number of rotatable bonds is 4. The van der Waals surface area contributed by atoms with Crippen LogP contribution in [0.2, 0.25) is 0 Å². The lowest BCUT2D eigenvalue weighted by molar-refractivity contribution is -0.141. The SMILES string of the molecule is CCc1cccc(C)c1N[C@@H](C)C(=O)OC. The van der Waals surface area contributed by atoms with E-state index in [2.05, 4.69) is 18.3 Å². The molecule has 0 unspecified atom stereocenters. The van der Waals surface area contributed by atoms with Gasteiger partial charge in [-0.3, -0.25) is 0 Å². The van der Waals surface area contributed by atoms with Crippen LogP contribution in [0.15, 0.2) is 18.2 Å². The standard InChI is InChI=1S/C13H19NO2/c1-5-11-8-6-7-9(2)12(11)14-10(3)13(15)16-4/h6-8,10,14H,5H2,1-4H3/t10-/m0/s1. The molecular weight excluding hydrogens is 202 g/mol. The molecule has 0 saturated carbocycles. The minimum atomic E-state index is -0.323. The molecule has 0 amide bonds. The van der Waals surface area contributed by atoms with Crippen LogP contribution in [0.5, 0.6) is 0 Å². The molecule has 1 atom stereocenters. The molecule has 0 bridgehead atoms. The predicted octanol–water partition coefficient (Wildman–Crippen LogP) is 2.53. The Hall–Kier alpha value is -1.51. The Balaban J connectivity index is 2.91. The van der Waals surface area contributed by atoms with E-state index in [0.29, 0.717) is 0 Å². The summed E-state index contributed by atoms with van der Waals surface area (Å²) in [5.41, 5.74) is 3.41. The van der Waals surface area contributed by atoms with Crippen LogP contribution in [-0.2, 0) is 16.0 Å². The van der Waals surface area contributed by atoms with Crippen molar-refractivity contribution in [3.63, 3.8) is 0 Å². The number of benzene rings is 1. The highest BCUT2D eigenvalue weighted by Crippen LogP contribution is 2.21. The molecule has 0 aliphatic carbocycles. The van der Waals surface area contributed by atoms with Crippen LogP contribution >= 0.6 is 0 Å². The zero-order chi connectivity index (χ0) is 12.1. The molecule has 1 N–H and O–H groups in total. The van der Waals surface area contributed by atoms with Gasteiger partial charge in [0.25, 0.3) is 0 Å². The van der Waals surface area contributed by atoms with Gasteiger partial charge < -0.3 is 10.1 Å². The number of nitrogens with one attached hydrogen (secondary N) is 1. The van der Waals surface area contributed by atoms with E-state index in [0.717, 1.165) is 17.7 Å². The summed E-state index contributed by atoms with van der Waals surface area (Å²) in [7, 11) is 1.40. The quantitative estimate of drug-likeness (QED) is 0.794. The summed E-state index contributed by atoms with van der Waals surface area (Å²) >= 11 is 0. The number of para-hydroxylation sites is 1. The summed E-state index contributed by atoms with van der Waals surface area (Å²) in [5.74, 6) is -0.245. The predicted molar refractivity (Wildman–Crippen MR) is 65.7 cm³/mol. The van der Waals surface area contributed by atoms with Crippen molar-refractivity contribution < 1.29 is 9.53 Å². The van der Waals surface area contributed by atoms with Crippen molar-refractivity contribution in [3.8, 4) is 0 Å². The molecule has 0 radical (unpaired) electrons. The molecule has 3 nitrogen and oxygen atoms in total. The third kappa shape index (κ3) is 2.75. The Kier molecular flexibility index (Phi) is 4.35. The number of hydrogen-bond donors (Lipinski definition) is 1. The van der Waals surface area contributed by atoms with Crippen molar-refractivity contribution in [1.29, 1.82) is 0 Å². The second-order valence-corrected chi connectivity index (χ2v) is 3.85. The maximum Gasteiger partial charge on any atom is 0.327 e. The summed E-state index contributed by atoms with van der Waals surface area (Å²) in [6.45, 7) is 5.94. The van der Waals surface area contributed by atoms with Crippen LogP contribution in [0.3, 0.4) is 0 Å². The lowest BCUT2D eigenvalue weighted by Gasteiger charge is -2.18. The number of hydrogen-bond acceptors (Lipinski definition) is 3. The summed E-state index contributed by atoms with van der Waals surface area (Å²) < 4.78 is 4.70. The fourth-order valence-corrected chi connectivity index (χ4v) is 1.68. The van der Waals surface area contributed by atoms with Crippen LogP contribution in [0.4, 0.5) is 5.69 Å².